The van der Waals surface area contributed by atoms with Crippen LogP contribution in [0.2, 0.25) is 0 Å². The highest BCUT2D eigenvalue weighted by atomic mass is 79.9. The molecule has 1 saturated heterocycles. The third-order valence-corrected chi connectivity index (χ3v) is 5.41. The number of carbonyl (C=O) groups excluding carboxylic acids is 3. The minimum atomic E-state index is -1.22. The lowest BCUT2D eigenvalue weighted by atomic mass is 9.62. The van der Waals surface area contributed by atoms with Crippen LogP contribution >= 0.6 is 15.9 Å². The van der Waals surface area contributed by atoms with E-state index in [2.05, 4.69) is 15.9 Å². The second-order valence-corrected chi connectivity index (χ2v) is 7.39. The molecular weight excluding hydrogens is 360 g/mol. The molecule has 1 unspecified atom stereocenters. The Morgan fingerprint density at radius 2 is 1.65 bits per heavy atom. The van der Waals surface area contributed by atoms with Crippen molar-refractivity contribution in [1.82, 2.24) is 0 Å². The summed E-state index contributed by atoms with van der Waals surface area (Å²) in [6.45, 7) is 6.85. The summed E-state index contributed by atoms with van der Waals surface area (Å²) in [6, 6.07) is 6.84. The lowest BCUT2D eigenvalue weighted by molar-refractivity contribution is -0.184. The molecule has 1 heterocycles. The number of ether oxygens (including phenoxy) is 1. The average molecular weight is 381 g/mol. The molecule has 1 fully saturated rings. The molecule has 4 nitrogen and oxygen atoms in total. The summed E-state index contributed by atoms with van der Waals surface area (Å²) in [5, 5.41) is 0. The molecule has 0 N–H and O–H groups in total. The van der Waals surface area contributed by atoms with E-state index in [1.807, 2.05) is 13.8 Å². The van der Waals surface area contributed by atoms with Crippen molar-refractivity contribution in [2.24, 2.45) is 10.8 Å². The fourth-order valence-corrected chi connectivity index (χ4v) is 3.48. The van der Waals surface area contributed by atoms with Crippen LogP contribution in [0, 0.1) is 10.8 Å². The van der Waals surface area contributed by atoms with E-state index in [0.717, 1.165) is 4.47 Å². The number of esters is 1. The number of rotatable bonds is 4. The molecule has 1 aliphatic rings. The van der Waals surface area contributed by atoms with Gasteiger partial charge >= 0.3 is 5.97 Å². The Balaban J connectivity index is 2.50. The van der Waals surface area contributed by atoms with Crippen LogP contribution in [-0.2, 0) is 14.3 Å². The van der Waals surface area contributed by atoms with Crippen molar-refractivity contribution in [2.45, 2.75) is 46.6 Å². The first kappa shape index (κ1) is 17.9. The summed E-state index contributed by atoms with van der Waals surface area (Å²) in [4.78, 5) is 38.1. The molecule has 1 aromatic carbocycles. The Kier molecular flexibility index (Phi) is 4.81. The van der Waals surface area contributed by atoms with Crippen molar-refractivity contribution in [3.63, 3.8) is 0 Å². The monoisotopic (exact) mass is 380 g/mol. The number of ketones is 2. The molecule has 5 heteroatoms. The molecule has 1 aliphatic heterocycles. The van der Waals surface area contributed by atoms with Crippen LogP contribution in [0.5, 0.6) is 0 Å². The highest BCUT2D eigenvalue weighted by molar-refractivity contribution is 9.10. The Bertz CT molecular complexity index is 641. The fourth-order valence-electron chi connectivity index (χ4n) is 3.21. The molecule has 0 radical (unpaired) electrons. The molecule has 0 spiro atoms. The van der Waals surface area contributed by atoms with E-state index in [1.165, 1.54) is 0 Å². The lowest BCUT2D eigenvalue weighted by Gasteiger charge is -2.45. The summed E-state index contributed by atoms with van der Waals surface area (Å²) in [5.74, 6) is -1.16. The Labute approximate surface area is 144 Å². The Hall–Kier alpha value is -1.49. The number of benzene rings is 1. The number of carbonyl (C=O) groups is 3. The van der Waals surface area contributed by atoms with Gasteiger partial charge in [0.05, 0.1) is 5.41 Å². The highest BCUT2D eigenvalue weighted by Crippen LogP contribution is 2.46. The maximum Gasteiger partial charge on any atom is 0.319 e. The average Bonchev–Trinajstić information content (AvgIpc) is 2.53. The van der Waals surface area contributed by atoms with Gasteiger partial charge < -0.3 is 4.74 Å². The Morgan fingerprint density at radius 3 is 2.13 bits per heavy atom. The minimum absolute atomic E-state index is 0.207. The molecular formula is C18H21BrO4. The standard InChI is InChI=1S/C18H21BrO4/c1-5-18(6-2)14(23-16(22)17(3,4)15(18)21)13(20)11-7-9-12(19)10-8-11/h7-10,14H,5-6H2,1-4H3. The van der Waals surface area contributed by atoms with Crippen LogP contribution in [-0.4, -0.2) is 23.6 Å². The Morgan fingerprint density at radius 1 is 1.13 bits per heavy atom. The van der Waals surface area contributed by atoms with Crippen LogP contribution in [0.15, 0.2) is 28.7 Å². The van der Waals surface area contributed by atoms with Crippen molar-refractivity contribution in [1.29, 1.82) is 0 Å². The van der Waals surface area contributed by atoms with Crippen LogP contribution in [0.3, 0.4) is 0 Å². The molecule has 23 heavy (non-hydrogen) atoms. The first-order valence-electron chi connectivity index (χ1n) is 7.76. The van der Waals surface area contributed by atoms with Gasteiger partial charge in [0.1, 0.15) is 5.41 Å². The zero-order chi connectivity index (χ0) is 17.4. The zero-order valence-electron chi connectivity index (χ0n) is 13.8. The van der Waals surface area contributed by atoms with Crippen molar-refractivity contribution in [2.75, 3.05) is 0 Å². The smallest absolute Gasteiger partial charge is 0.319 e. The van der Waals surface area contributed by atoms with Gasteiger partial charge in [-0.1, -0.05) is 41.9 Å². The van der Waals surface area contributed by atoms with E-state index >= 15 is 0 Å². The van der Waals surface area contributed by atoms with E-state index in [-0.39, 0.29) is 11.6 Å². The molecule has 2 rings (SSSR count). The maximum absolute atomic E-state index is 13.0. The first-order valence-corrected chi connectivity index (χ1v) is 8.55. The second-order valence-electron chi connectivity index (χ2n) is 6.47. The van der Waals surface area contributed by atoms with Crippen molar-refractivity contribution in [3.8, 4) is 0 Å². The molecule has 1 atom stereocenters. The fraction of sp³-hybridized carbons (Fsp3) is 0.500. The van der Waals surface area contributed by atoms with E-state index < -0.39 is 22.9 Å². The van der Waals surface area contributed by atoms with Crippen molar-refractivity contribution >= 4 is 33.5 Å². The van der Waals surface area contributed by atoms with E-state index in [1.54, 1.807) is 38.1 Å². The minimum Gasteiger partial charge on any atom is -0.452 e. The summed E-state index contributed by atoms with van der Waals surface area (Å²) in [5.41, 5.74) is -1.76. The van der Waals surface area contributed by atoms with Crippen LogP contribution in [0.25, 0.3) is 0 Å². The number of cyclic esters (lactones) is 1. The summed E-state index contributed by atoms with van der Waals surface area (Å²) in [7, 11) is 0. The lowest BCUT2D eigenvalue weighted by Crippen LogP contribution is -2.60. The molecule has 0 bridgehead atoms. The van der Waals surface area contributed by atoms with Gasteiger partial charge in [-0.3, -0.25) is 14.4 Å². The predicted molar refractivity (Wildman–Crippen MR) is 90.2 cm³/mol. The third-order valence-electron chi connectivity index (χ3n) is 4.89. The topological polar surface area (TPSA) is 60.4 Å². The SMILES string of the molecule is CCC1(CC)C(=O)C(C)(C)C(=O)OC1C(=O)c1ccc(Br)cc1. The largest absolute Gasteiger partial charge is 0.452 e. The van der Waals surface area contributed by atoms with E-state index in [4.69, 9.17) is 4.74 Å². The van der Waals surface area contributed by atoms with Gasteiger partial charge in [-0.2, -0.15) is 0 Å². The van der Waals surface area contributed by atoms with E-state index in [9.17, 15) is 14.4 Å². The molecule has 1 aromatic rings. The first-order chi connectivity index (χ1) is 10.7. The van der Waals surface area contributed by atoms with Gasteiger partial charge in [0, 0.05) is 10.0 Å². The summed E-state index contributed by atoms with van der Waals surface area (Å²) < 4.78 is 6.35. The van der Waals surface area contributed by atoms with Crippen molar-refractivity contribution in [3.05, 3.63) is 34.3 Å². The second kappa shape index (κ2) is 6.19. The van der Waals surface area contributed by atoms with Crippen LogP contribution < -0.4 is 0 Å². The van der Waals surface area contributed by atoms with Gasteiger partial charge in [-0.15, -0.1) is 0 Å². The molecule has 0 amide bonds. The third kappa shape index (κ3) is 2.75. The maximum atomic E-state index is 13.0. The van der Waals surface area contributed by atoms with Crippen molar-refractivity contribution < 1.29 is 19.1 Å². The summed E-state index contributed by atoms with van der Waals surface area (Å²) >= 11 is 3.32. The van der Waals surface area contributed by atoms with Crippen LogP contribution in [0.1, 0.15) is 50.9 Å². The van der Waals surface area contributed by atoms with Gasteiger partial charge in [-0.25, -0.2) is 0 Å². The highest BCUT2D eigenvalue weighted by Gasteiger charge is 2.60. The molecule has 0 saturated carbocycles. The molecule has 0 aromatic heterocycles. The quantitative estimate of drug-likeness (QED) is 0.450. The number of hydrogen-bond donors (Lipinski definition) is 0. The zero-order valence-corrected chi connectivity index (χ0v) is 15.4. The van der Waals surface area contributed by atoms with Crippen LogP contribution in [0.4, 0.5) is 0 Å². The number of hydrogen-bond acceptors (Lipinski definition) is 4. The van der Waals surface area contributed by atoms with Gasteiger partial charge in [0.15, 0.2) is 11.9 Å². The van der Waals surface area contributed by atoms with Gasteiger partial charge in [0.25, 0.3) is 0 Å². The van der Waals surface area contributed by atoms with Gasteiger partial charge in [-0.05, 0) is 38.8 Å². The normalized spacial score (nSPS) is 22.6. The number of halogens is 1. The summed E-state index contributed by atoms with van der Waals surface area (Å²) in [6.07, 6.45) is -0.162. The van der Waals surface area contributed by atoms with E-state index in [0.29, 0.717) is 18.4 Å². The predicted octanol–water partition coefficient (Wildman–Crippen LogP) is 3.96. The number of Topliss-reactive ketones (excluding diaryl/α,β-unsaturated/α-hetero) is 2. The van der Waals surface area contributed by atoms with Gasteiger partial charge in [0.2, 0.25) is 5.78 Å². The molecule has 0 aliphatic carbocycles. The molecule has 124 valence electrons.